The zero-order valence-electron chi connectivity index (χ0n) is 10.2. The lowest BCUT2D eigenvalue weighted by Crippen LogP contribution is -2.26. The lowest BCUT2D eigenvalue weighted by molar-refractivity contribution is -0.163. The van der Waals surface area contributed by atoms with Gasteiger partial charge >= 0.3 is 6.47 Å². The third-order valence-corrected chi connectivity index (χ3v) is 2.68. The molecule has 1 unspecified atom stereocenters. The molecule has 1 radical (unpaired) electrons. The van der Waals surface area contributed by atoms with Gasteiger partial charge in [-0.15, -0.1) is 0 Å². The molecule has 93 valence electrons. The molecule has 1 atom stereocenters. The van der Waals surface area contributed by atoms with Gasteiger partial charge in [0.15, 0.2) is 6.29 Å². The van der Waals surface area contributed by atoms with Gasteiger partial charge in [-0.3, -0.25) is 0 Å². The summed E-state index contributed by atoms with van der Waals surface area (Å²) in [4.78, 5) is 10.1. The predicted octanol–water partition coefficient (Wildman–Crippen LogP) is 2.17. The maximum Gasteiger partial charge on any atom is 0.418 e. The van der Waals surface area contributed by atoms with E-state index >= 15 is 0 Å². The zero-order chi connectivity index (χ0) is 11.9. The first kappa shape index (κ1) is 13.5. The van der Waals surface area contributed by atoms with Gasteiger partial charge in [0.2, 0.25) is 0 Å². The fraction of sp³-hybridized carbons (Fsp3) is 0.917. The summed E-state index contributed by atoms with van der Waals surface area (Å²) in [6.07, 6.45) is 4.90. The van der Waals surface area contributed by atoms with E-state index in [2.05, 4.69) is 0 Å². The summed E-state index contributed by atoms with van der Waals surface area (Å²) in [6.45, 7) is 6.68. The monoisotopic (exact) mass is 229 g/mol. The Hall–Kier alpha value is -0.610. The van der Waals surface area contributed by atoms with Crippen molar-refractivity contribution in [3.8, 4) is 0 Å². The van der Waals surface area contributed by atoms with E-state index in [1.807, 2.05) is 13.8 Å². The van der Waals surface area contributed by atoms with Crippen LogP contribution in [0.25, 0.3) is 0 Å². The third-order valence-electron chi connectivity index (χ3n) is 2.68. The molecule has 1 fully saturated rings. The Morgan fingerprint density at radius 3 is 2.88 bits per heavy atom. The van der Waals surface area contributed by atoms with Crippen LogP contribution in [0, 0.1) is 0 Å². The van der Waals surface area contributed by atoms with Crippen LogP contribution in [0.5, 0.6) is 0 Å². The highest BCUT2D eigenvalue weighted by Crippen LogP contribution is 2.17. The van der Waals surface area contributed by atoms with E-state index in [1.165, 1.54) is 12.9 Å². The summed E-state index contributed by atoms with van der Waals surface area (Å²) in [6, 6.07) is 0. The second kappa shape index (κ2) is 6.86. The molecule has 0 aromatic heterocycles. The number of rotatable bonds is 7. The zero-order valence-corrected chi connectivity index (χ0v) is 10.2. The molecule has 0 aromatic rings. The van der Waals surface area contributed by atoms with E-state index in [4.69, 9.17) is 14.2 Å². The Morgan fingerprint density at radius 1 is 1.44 bits per heavy atom. The van der Waals surface area contributed by atoms with Crippen LogP contribution in [-0.2, 0) is 19.0 Å². The van der Waals surface area contributed by atoms with Gasteiger partial charge in [0, 0.05) is 13.2 Å². The van der Waals surface area contributed by atoms with Crippen molar-refractivity contribution in [3.63, 3.8) is 0 Å². The van der Waals surface area contributed by atoms with Crippen molar-refractivity contribution in [3.05, 3.63) is 0 Å². The van der Waals surface area contributed by atoms with Gasteiger partial charge in [0.25, 0.3) is 0 Å². The molecule has 1 aliphatic rings. The second-order valence-corrected chi connectivity index (χ2v) is 4.72. The van der Waals surface area contributed by atoms with Crippen molar-refractivity contribution >= 4 is 6.47 Å². The van der Waals surface area contributed by atoms with Crippen LogP contribution < -0.4 is 0 Å². The molecule has 0 aromatic carbocycles. The van der Waals surface area contributed by atoms with Gasteiger partial charge in [-0.1, -0.05) is 0 Å². The van der Waals surface area contributed by atoms with Crippen molar-refractivity contribution in [2.45, 2.75) is 57.8 Å². The highest BCUT2D eigenvalue weighted by atomic mass is 16.7. The molecule has 4 heteroatoms. The smallest absolute Gasteiger partial charge is 0.418 e. The van der Waals surface area contributed by atoms with Crippen molar-refractivity contribution in [2.24, 2.45) is 0 Å². The van der Waals surface area contributed by atoms with Crippen LogP contribution >= 0.6 is 0 Å². The van der Waals surface area contributed by atoms with E-state index in [9.17, 15) is 4.79 Å². The standard InChI is InChI=1S/C12H21O4/c1-12(2,16-10-13)7-5-9-15-11-6-3-4-8-14-11/h11H,3-9H2,1-2H3. The van der Waals surface area contributed by atoms with Gasteiger partial charge < -0.3 is 14.2 Å². The SMILES string of the molecule is CC(C)(CCCOC1CCCCO1)O[C]=O. The molecule has 1 heterocycles. The summed E-state index contributed by atoms with van der Waals surface area (Å²) in [5, 5.41) is 0. The summed E-state index contributed by atoms with van der Waals surface area (Å²) >= 11 is 0. The van der Waals surface area contributed by atoms with Crippen molar-refractivity contribution in [1.29, 1.82) is 0 Å². The second-order valence-electron chi connectivity index (χ2n) is 4.72. The molecule has 0 bridgehead atoms. The average molecular weight is 229 g/mol. The van der Waals surface area contributed by atoms with Crippen LogP contribution in [0.2, 0.25) is 0 Å². The summed E-state index contributed by atoms with van der Waals surface area (Å²) < 4.78 is 15.9. The Morgan fingerprint density at radius 2 is 2.25 bits per heavy atom. The first-order valence-corrected chi connectivity index (χ1v) is 5.92. The van der Waals surface area contributed by atoms with Crippen molar-refractivity contribution in [2.75, 3.05) is 13.2 Å². The van der Waals surface area contributed by atoms with Crippen LogP contribution in [0.4, 0.5) is 0 Å². The Balaban J connectivity index is 2.04. The van der Waals surface area contributed by atoms with Crippen LogP contribution in [0.3, 0.4) is 0 Å². The number of ether oxygens (including phenoxy) is 3. The van der Waals surface area contributed by atoms with Crippen molar-refractivity contribution < 1.29 is 19.0 Å². The summed E-state index contributed by atoms with van der Waals surface area (Å²) in [5.74, 6) is 0. The maximum atomic E-state index is 10.1. The topological polar surface area (TPSA) is 44.8 Å². The molecule has 0 aliphatic carbocycles. The Bertz CT molecular complexity index is 197. The highest BCUT2D eigenvalue weighted by molar-refractivity contribution is 5.39. The molecule has 16 heavy (non-hydrogen) atoms. The molecule has 0 amide bonds. The molecule has 1 aliphatic heterocycles. The molecule has 4 nitrogen and oxygen atoms in total. The molecule has 1 saturated heterocycles. The quantitative estimate of drug-likeness (QED) is 0.628. The molecular formula is C12H21O4. The van der Waals surface area contributed by atoms with Gasteiger partial charge in [-0.05, 0) is 46.0 Å². The minimum Gasteiger partial charge on any atom is -0.451 e. The third kappa shape index (κ3) is 5.47. The van der Waals surface area contributed by atoms with E-state index in [-0.39, 0.29) is 6.29 Å². The lowest BCUT2D eigenvalue weighted by atomic mass is 10.0. The Kier molecular flexibility index (Phi) is 5.77. The number of hydrogen-bond donors (Lipinski definition) is 0. The van der Waals surface area contributed by atoms with Gasteiger partial charge in [0.1, 0.15) is 5.60 Å². The van der Waals surface area contributed by atoms with Gasteiger partial charge in [-0.2, -0.15) is 0 Å². The van der Waals surface area contributed by atoms with Crippen LogP contribution in [-0.4, -0.2) is 31.6 Å². The minimum absolute atomic E-state index is 0.0320. The molecule has 0 N–H and O–H groups in total. The Labute approximate surface area is 97.2 Å². The summed E-state index contributed by atoms with van der Waals surface area (Å²) in [5.41, 5.74) is -0.446. The molecule has 1 rings (SSSR count). The normalized spacial score (nSPS) is 21.8. The highest BCUT2D eigenvalue weighted by Gasteiger charge is 2.19. The van der Waals surface area contributed by atoms with E-state index in [0.29, 0.717) is 6.61 Å². The summed E-state index contributed by atoms with van der Waals surface area (Å²) in [7, 11) is 0. The van der Waals surface area contributed by atoms with Crippen LogP contribution in [0.15, 0.2) is 0 Å². The van der Waals surface area contributed by atoms with E-state index < -0.39 is 5.60 Å². The number of carbonyl (C=O) groups excluding carboxylic acids is 1. The predicted molar refractivity (Wildman–Crippen MR) is 59.6 cm³/mol. The fourth-order valence-electron chi connectivity index (χ4n) is 1.72. The lowest BCUT2D eigenvalue weighted by Gasteiger charge is -2.24. The van der Waals surface area contributed by atoms with Gasteiger partial charge in [0.05, 0.1) is 0 Å². The van der Waals surface area contributed by atoms with Gasteiger partial charge in [-0.25, -0.2) is 4.79 Å². The number of hydrogen-bond acceptors (Lipinski definition) is 4. The van der Waals surface area contributed by atoms with Crippen LogP contribution in [0.1, 0.15) is 46.0 Å². The maximum absolute atomic E-state index is 10.1. The average Bonchev–Trinajstić information content (AvgIpc) is 2.26. The minimum atomic E-state index is -0.446. The van der Waals surface area contributed by atoms with Crippen molar-refractivity contribution in [1.82, 2.24) is 0 Å². The first-order valence-electron chi connectivity index (χ1n) is 5.92. The molecule has 0 saturated carbocycles. The van der Waals surface area contributed by atoms with E-state index in [0.717, 1.165) is 32.3 Å². The largest absolute Gasteiger partial charge is 0.451 e. The molecule has 0 spiro atoms. The fourth-order valence-corrected chi connectivity index (χ4v) is 1.72. The molecular weight excluding hydrogens is 208 g/mol. The first-order chi connectivity index (χ1) is 7.64. The van der Waals surface area contributed by atoms with E-state index in [1.54, 1.807) is 0 Å².